The molecule has 0 heterocycles. The van der Waals surface area contributed by atoms with Crippen LogP contribution < -0.4 is 5.30 Å². The van der Waals surface area contributed by atoms with Gasteiger partial charge in [0.1, 0.15) is 0 Å². The maximum Gasteiger partial charge on any atom is 0.0508 e. The summed E-state index contributed by atoms with van der Waals surface area (Å²) in [5.41, 5.74) is 0. The summed E-state index contributed by atoms with van der Waals surface area (Å²) in [6.45, 7) is 6.08. The minimum absolute atomic E-state index is 0.0123. The van der Waals surface area contributed by atoms with Gasteiger partial charge in [-0.2, -0.15) is 0 Å². The first-order chi connectivity index (χ1) is 6.34. The molecule has 0 bridgehead atoms. The molecule has 1 atom stereocenters. The van der Waals surface area contributed by atoms with Crippen LogP contribution in [0.15, 0.2) is 30.3 Å². The van der Waals surface area contributed by atoms with E-state index in [9.17, 15) is 0 Å². The molecule has 13 heavy (non-hydrogen) atoms. The van der Waals surface area contributed by atoms with Crippen LogP contribution in [0.3, 0.4) is 0 Å². The van der Waals surface area contributed by atoms with Crippen molar-refractivity contribution in [2.24, 2.45) is 0 Å². The third kappa shape index (κ3) is 3.89. The summed E-state index contributed by atoms with van der Waals surface area (Å²) in [5.74, 6) is 0. The van der Waals surface area contributed by atoms with E-state index in [1.165, 1.54) is 11.5 Å². The smallest absolute Gasteiger partial charge is 0.0508 e. The third-order valence-electron chi connectivity index (χ3n) is 1.97. The van der Waals surface area contributed by atoms with Crippen molar-refractivity contribution in [2.45, 2.75) is 6.92 Å². The molecule has 72 valence electrons. The second-order valence-electron chi connectivity index (χ2n) is 2.95. The molecule has 0 saturated carbocycles. The predicted octanol–water partition coefficient (Wildman–Crippen LogP) is 2.46. The molecule has 0 fully saturated rings. The normalized spacial score (nSPS) is 12.8. The maximum absolute atomic E-state index is 5.34. The van der Waals surface area contributed by atoms with Crippen LogP contribution in [0.2, 0.25) is 0 Å². The standard InChI is InChI=1S/C11H17OP/c1-3-12-9-10-13(2)11-7-5-4-6-8-11/h4-8H,3,9-10H2,1-2H3. The summed E-state index contributed by atoms with van der Waals surface area (Å²) < 4.78 is 5.34. The van der Waals surface area contributed by atoms with Crippen molar-refractivity contribution >= 4 is 13.2 Å². The molecule has 0 saturated heterocycles. The van der Waals surface area contributed by atoms with E-state index in [4.69, 9.17) is 4.74 Å². The van der Waals surface area contributed by atoms with E-state index in [1.54, 1.807) is 0 Å². The van der Waals surface area contributed by atoms with Gasteiger partial charge in [0.15, 0.2) is 0 Å². The van der Waals surface area contributed by atoms with Crippen molar-refractivity contribution in [3.8, 4) is 0 Å². The summed E-state index contributed by atoms with van der Waals surface area (Å²) in [5, 5.41) is 1.47. The van der Waals surface area contributed by atoms with E-state index < -0.39 is 0 Å². The summed E-state index contributed by atoms with van der Waals surface area (Å²) in [6, 6.07) is 10.7. The lowest BCUT2D eigenvalue weighted by atomic mass is 10.4. The van der Waals surface area contributed by atoms with Gasteiger partial charge in [0, 0.05) is 6.61 Å². The first kappa shape index (κ1) is 10.7. The van der Waals surface area contributed by atoms with Crippen LogP contribution in [0.1, 0.15) is 6.92 Å². The molecule has 0 aliphatic carbocycles. The number of hydrogen-bond donors (Lipinski definition) is 0. The van der Waals surface area contributed by atoms with Crippen LogP contribution in [-0.2, 0) is 4.74 Å². The molecule has 0 radical (unpaired) electrons. The molecule has 0 aliphatic heterocycles. The van der Waals surface area contributed by atoms with Crippen molar-refractivity contribution in [2.75, 3.05) is 26.0 Å². The largest absolute Gasteiger partial charge is 0.381 e. The summed E-state index contributed by atoms with van der Waals surface area (Å²) in [4.78, 5) is 0. The van der Waals surface area contributed by atoms with Crippen molar-refractivity contribution < 1.29 is 4.74 Å². The summed E-state index contributed by atoms with van der Waals surface area (Å²) in [7, 11) is -0.0123. The van der Waals surface area contributed by atoms with E-state index in [-0.39, 0.29) is 7.92 Å². The number of ether oxygens (including phenoxy) is 1. The second kappa shape index (κ2) is 6.12. The molecular formula is C11H17OP. The Balaban J connectivity index is 2.35. The molecule has 0 N–H and O–H groups in total. The van der Waals surface area contributed by atoms with Gasteiger partial charge in [-0.15, -0.1) is 0 Å². The fourth-order valence-electron chi connectivity index (χ4n) is 1.16. The Hall–Kier alpha value is -0.390. The van der Waals surface area contributed by atoms with Crippen LogP contribution in [0, 0.1) is 0 Å². The Morgan fingerprint density at radius 2 is 1.92 bits per heavy atom. The van der Waals surface area contributed by atoms with Gasteiger partial charge >= 0.3 is 0 Å². The Labute approximate surface area is 81.9 Å². The highest BCUT2D eigenvalue weighted by molar-refractivity contribution is 7.64. The zero-order valence-corrected chi connectivity index (χ0v) is 9.26. The lowest BCUT2D eigenvalue weighted by Gasteiger charge is -2.11. The minimum atomic E-state index is -0.0123. The fourth-order valence-corrected chi connectivity index (χ4v) is 2.50. The van der Waals surface area contributed by atoms with Crippen LogP contribution >= 0.6 is 7.92 Å². The van der Waals surface area contributed by atoms with Crippen molar-refractivity contribution in [3.63, 3.8) is 0 Å². The minimum Gasteiger partial charge on any atom is -0.381 e. The molecule has 1 nitrogen and oxygen atoms in total. The predicted molar refractivity (Wildman–Crippen MR) is 60.3 cm³/mol. The lowest BCUT2D eigenvalue weighted by Crippen LogP contribution is -2.06. The van der Waals surface area contributed by atoms with Gasteiger partial charge in [0.05, 0.1) is 6.61 Å². The molecule has 1 aromatic rings. The zero-order valence-electron chi connectivity index (χ0n) is 8.36. The first-order valence-corrected chi connectivity index (χ1v) is 6.66. The van der Waals surface area contributed by atoms with Gasteiger partial charge in [-0.05, 0) is 25.1 Å². The Bertz CT molecular complexity index is 223. The fraction of sp³-hybridized carbons (Fsp3) is 0.455. The Kier molecular flexibility index (Phi) is 5.03. The molecule has 0 aliphatic rings. The van der Waals surface area contributed by atoms with Crippen LogP contribution in [-0.4, -0.2) is 26.0 Å². The molecule has 0 aromatic heterocycles. The van der Waals surface area contributed by atoms with E-state index >= 15 is 0 Å². The second-order valence-corrected chi connectivity index (χ2v) is 5.31. The monoisotopic (exact) mass is 196 g/mol. The Morgan fingerprint density at radius 3 is 2.54 bits per heavy atom. The van der Waals surface area contributed by atoms with Gasteiger partial charge in [0.2, 0.25) is 0 Å². The van der Waals surface area contributed by atoms with Gasteiger partial charge in [-0.25, -0.2) is 0 Å². The molecule has 1 unspecified atom stereocenters. The highest BCUT2D eigenvalue weighted by Crippen LogP contribution is 2.28. The third-order valence-corrected chi connectivity index (χ3v) is 4.01. The molecule has 1 rings (SSSR count). The van der Waals surface area contributed by atoms with Gasteiger partial charge < -0.3 is 4.74 Å². The topological polar surface area (TPSA) is 9.23 Å². The molecule has 0 amide bonds. The average Bonchev–Trinajstić information content (AvgIpc) is 2.19. The maximum atomic E-state index is 5.34. The van der Waals surface area contributed by atoms with Crippen molar-refractivity contribution in [1.82, 2.24) is 0 Å². The summed E-state index contributed by atoms with van der Waals surface area (Å²) in [6.07, 6.45) is 1.17. The van der Waals surface area contributed by atoms with Gasteiger partial charge in [-0.1, -0.05) is 38.3 Å². The van der Waals surface area contributed by atoms with E-state index in [2.05, 4.69) is 37.0 Å². The number of rotatable bonds is 5. The van der Waals surface area contributed by atoms with E-state index in [0.29, 0.717) is 0 Å². The highest BCUT2D eigenvalue weighted by atomic mass is 31.1. The van der Waals surface area contributed by atoms with Crippen LogP contribution in [0.4, 0.5) is 0 Å². The molecule has 2 heteroatoms. The van der Waals surface area contributed by atoms with E-state index in [0.717, 1.165) is 13.2 Å². The summed E-state index contributed by atoms with van der Waals surface area (Å²) >= 11 is 0. The molecule has 1 aromatic carbocycles. The first-order valence-electron chi connectivity index (χ1n) is 4.68. The highest BCUT2D eigenvalue weighted by Gasteiger charge is 2.02. The average molecular weight is 196 g/mol. The zero-order chi connectivity index (χ0) is 9.52. The van der Waals surface area contributed by atoms with Crippen molar-refractivity contribution in [3.05, 3.63) is 30.3 Å². The molecular weight excluding hydrogens is 179 g/mol. The number of benzene rings is 1. The quantitative estimate of drug-likeness (QED) is 0.519. The van der Waals surface area contributed by atoms with Crippen molar-refractivity contribution in [1.29, 1.82) is 0 Å². The van der Waals surface area contributed by atoms with Crippen LogP contribution in [0.25, 0.3) is 0 Å². The van der Waals surface area contributed by atoms with Crippen LogP contribution in [0.5, 0.6) is 0 Å². The lowest BCUT2D eigenvalue weighted by molar-refractivity contribution is 0.164. The van der Waals surface area contributed by atoms with Gasteiger partial charge in [-0.3, -0.25) is 0 Å². The SMILES string of the molecule is CCOCCP(C)c1ccccc1. The number of hydrogen-bond acceptors (Lipinski definition) is 1. The molecule has 0 spiro atoms. The van der Waals surface area contributed by atoms with Gasteiger partial charge in [0.25, 0.3) is 0 Å². The Morgan fingerprint density at radius 1 is 1.23 bits per heavy atom. The van der Waals surface area contributed by atoms with E-state index in [1.807, 2.05) is 6.92 Å².